The zero-order valence-corrected chi connectivity index (χ0v) is 15.8. The van der Waals surface area contributed by atoms with Crippen LogP contribution in [0.15, 0.2) is 43.0 Å². The van der Waals surface area contributed by atoms with E-state index in [0.717, 1.165) is 30.6 Å². The number of hydrazine groups is 1. The third-order valence-electron chi connectivity index (χ3n) is 4.61. The number of para-hydroxylation sites is 1. The number of allylic oxidation sites excluding steroid dienone is 1. The van der Waals surface area contributed by atoms with Gasteiger partial charge in [0.05, 0.1) is 12.1 Å². The van der Waals surface area contributed by atoms with Gasteiger partial charge in [-0.3, -0.25) is 19.8 Å². The molecule has 1 aliphatic heterocycles. The number of unbranched alkanes of at least 4 members (excludes halogenated alkanes) is 6. The van der Waals surface area contributed by atoms with E-state index >= 15 is 0 Å². The van der Waals surface area contributed by atoms with E-state index in [2.05, 4.69) is 17.4 Å². The van der Waals surface area contributed by atoms with Crippen LogP contribution in [0.25, 0.3) is 0 Å². The molecule has 0 aliphatic carbocycles. The minimum absolute atomic E-state index is 0.0404. The fourth-order valence-electron chi connectivity index (χ4n) is 3.10. The lowest BCUT2D eigenvalue weighted by Gasteiger charge is -2.15. The summed E-state index contributed by atoms with van der Waals surface area (Å²) in [7, 11) is 0. The molecule has 6 heteroatoms. The van der Waals surface area contributed by atoms with Gasteiger partial charge < -0.3 is 0 Å². The SMILES string of the molecule is C=CCCCCCCCCC(=O)NN[C@H]1CC(=O)N(c2ccccc2)C1=O. The lowest BCUT2D eigenvalue weighted by Crippen LogP contribution is -2.48. The van der Waals surface area contributed by atoms with Crippen LogP contribution in [0.5, 0.6) is 0 Å². The van der Waals surface area contributed by atoms with Gasteiger partial charge in [0.15, 0.2) is 0 Å². The molecule has 0 unspecified atom stereocenters. The second kappa shape index (κ2) is 11.3. The first kappa shape index (κ1) is 20.8. The van der Waals surface area contributed by atoms with Gasteiger partial charge in [0.25, 0.3) is 5.91 Å². The molecule has 1 atom stereocenters. The highest BCUT2D eigenvalue weighted by molar-refractivity contribution is 6.22. The molecule has 0 radical (unpaired) electrons. The van der Waals surface area contributed by atoms with Gasteiger partial charge in [-0.2, -0.15) is 0 Å². The van der Waals surface area contributed by atoms with E-state index in [0.29, 0.717) is 12.1 Å². The number of anilines is 1. The average molecular weight is 371 g/mol. The van der Waals surface area contributed by atoms with Crippen LogP contribution < -0.4 is 15.8 Å². The summed E-state index contributed by atoms with van der Waals surface area (Å²) in [6.07, 6.45) is 10.00. The highest BCUT2D eigenvalue weighted by atomic mass is 16.2. The normalized spacial score (nSPS) is 16.6. The van der Waals surface area contributed by atoms with Crippen LogP contribution in [0.3, 0.4) is 0 Å². The standard InChI is InChI=1S/C21H29N3O3/c1-2-3-4-5-6-7-8-12-15-19(25)23-22-18-16-20(26)24(21(18)27)17-13-10-9-11-14-17/h2,9-11,13-14,18,22H,1,3-8,12,15-16H2,(H,23,25)/t18-/m0/s1. The Morgan fingerprint density at radius 1 is 1.07 bits per heavy atom. The molecule has 1 aromatic rings. The number of carbonyl (C=O) groups excluding carboxylic acids is 3. The van der Waals surface area contributed by atoms with Crippen molar-refractivity contribution in [3.63, 3.8) is 0 Å². The second-order valence-corrected chi connectivity index (χ2v) is 6.80. The molecule has 0 bridgehead atoms. The molecular formula is C21H29N3O3. The van der Waals surface area contributed by atoms with Crippen LogP contribution in [0, 0.1) is 0 Å². The van der Waals surface area contributed by atoms with Gasteiger partial charge in [-0.05, 0) is 31.4 Å². The van der Waals surface area contributed by atoms with Crippen molar-refractivity contribution in [2.75, 3.05) is 4.90 Å². The first-order valence-corrected chi connectivity index (χ1v) is 9.70. The van der Waals surface area contributed by atoms with Crippen molar-refractivity contribution in [2.24, 2.45) is 0 Å². The van der Waals surface area contributed by atoms with Gasteiger partial charge in [-0.1, -0.05) is 50.0 Å². The highest BCUT2D eigenvalue weighted by Gasteiger charge is 2.39. The number of benzene rings is 1. The van der Waals surface area contributed by atoms with E-state index in [-0.39, 0.29) is 24.1 Å². The number of carbonyl (C=O) groups is 3. The number of nitrogens with zero attached hydrogens (tertiary/aromatic N) is 1. The van der Waals surface area contributed by atoms with Gasteiger partial charge in [-0.25, -0.2) is 10.3 Å². The predicted octanol–water partition coefficient (Wildman–Crippen LogP) is 3.25. The predicted molar refractivity (Wildman–Crippen MR) is 106 cm³/mol. The summed E-state index contributed by atoms with van der Waals surface area (Å²) in [5.41, 5.74) is 5.83. The molecule has 6 nitrogen and oxygen atoms in total. The molecule has 2 rings (SSSR count). The van der Waals surface area contributed by atoms with Crippen molar-refractivity contribution >= 4 is 23.4 Å². The van der Waals surface area contributed by atoms with Crippen molar-refractivity contribution < 1.29 is 14.4 Å². The first-order valence-electron chi connectivity index (χ1n) is 9.70. The van der Waals surface area contributed by atoms with Crippen molar-refractivity contribution in [3.8, 4) is 0 Å². The molecule has 0 aromatic heterocycles. The monoisotopic (exact) mass is 371 g/mol. The summed E-state index contributed by atoms with van der Waals surface area (Å²) >= 11 is 0. The van der Waals surface area contributed by atoms with E-state index < -0.39 is 6.04 Å². The molecule has 2 N–H and O–H groups in total. The van der Waals surface area contributed by atoms with Crippen molar-refractivity contribution in [1.29, 1.82) is 0 Å². The molecule has 0 spiro atoms. The summed E-state index contributed by atoms with van der Waals surface area (Å²) in [4.78, 5) is 37.6. The molecule has 1 heterocycles. The quantitative estimate of drug-likeness (QED) is 0.256. The second-order valence-electron chi connectivity index (χ2n) is 6.80. The lowest BCUT2D eigenvalue weighted by molar-refractivity contribution is -0.123. The Kier molecular flexibility index (Phi) is 8.71. The molecule has 1 aliphatic rings. The number of imide groups is 1. The molecule has 1 fully saturated rings. The van der Waals surface area contributed by atoms with Crippen LogP contribution in [-0.2, 0) is 14.4 Å². The maximum Gasteiger partial charge on any atom is 0.253 e. The van der Waals surface area contributed by atoms with E-state index in [4.69, 9.17) is 0 Å². The number of hydrogen-bond donors (Lipinski definition) is 2. The van der Waals surface area contributed by atoms with Gasteiger partial charge >= 0.3 is 0 Å². The molecule has 1 saturated heterocycles. The van der Waals surface area contributed by atoms with Gasteiger partial charge in [0.1, 0.15) is 6.04 Å². The van der Waals surface area contributed by atoms with Gasteiger partial charge in [0, 0.05) is 6.42 Å². The fraction of sp³-hybridized carbons (Fsp3) is 0.476. The van der Waals surface area contributed by atoms with Gasteiger partial charge in [-0.15, -0.1) is 6.58 Å². The van der Waals surface area contributed by atoms with Crippen molar-refractivity contribution in [1.82, 2.24) is 10.9 Å². The fourth-order valence-corrected chi connectivity index (χ4v) is 3.10. The summed E-state index contributed by atoms with van der Waals surface area (Å²) < 4.78 is 0. The third-order valence-corrected chi connectivity index (χ3v) is 4.61. The van der Waals surface area contributed by atoms with E-state index in [1.54, 1.807) is 24.3 Å². The molecule has 1 aromatic carbocycles. The zero-order chi connectivity index (χ0) is 19.5. The third kappa shape index (κ3) is 6.64. The zero-order valence-electron chi connectivity index (χ0n) is 15.8. The number of amides is 3. The Labute approximate surface area is 161 Å². The number of nitrogens with one attached hydrogen (secondary N) is 2. The molecule has 0 saturated carbocycles. The minimum atomic E-state index is -0.716. The molecule has 3 amide bonds. The molecule has 27 heavy (non-hydrogen) atoms. The van der Waals surface area contributed by atoms with Gasteiger partial charge in [0.2, 0.25) is 11.8 Å². The van der Waals surface area contributed by atoms with Crippen LogP contribution in [-0.4, -0.2) is 23.8 Å². The summed E-state index contributed by atoms with van der Waals surface area (Å²) in [5, 5.41) is 0. The number of hydrogen-bond acceptors (Lipinski definition) is 4. The summed E-state index contributed by atoms with van der Waals surface area (Å²) in [6.45, 7) is 3.71. The van der Waals surface area contributed by atoms with E-state index in [1.807, 2.05) is 12.1 Å². The maximum atomic E-state index is 12.4. The summed E-state index contributed by atoms with van der Waals surface area (Å²) in [6, 6.07) is 8.09. The largest absolute Gasteiger partial charge is 0.291 e. The van der Waals surface area contributed by atoms with E-state index in [1.165, 1.54) is 19.3 Å². The Morgan fingerprint density at radius 2 is 1.74 bits per heavy atom. The van der Waals surface area contributed by atoms with Crippen LogP contribution in [0.4, 0.5) is 5.69 Å². The lowest BCUT2D eigenvalue weighted by atomic mass is 10.1. The molecular weight excluding hydrogens is 342 g/mol. The number of rotatable bonds is 12. The van der Waals surface area contributed by atoms with Crippen molar-refractivity contribution in [2.45, 2.75) is 63.8 Å². The average Bonchev–Trinajstić information content (AvgIpc) is 2.96. The van der Waals surface area contributed by atoms with Crippen LogP contribution in [0.2, 0.25) is 0 Å². The first-order chi connectivity index (χ1) is 13.1. The Hall–Kier alpha value is -2.47. The smallest absolute Gasteiger partial charge is 0.253 e. The Morgan fingerprint density at radius 3 is 2.44 bits per heavy atom. The Balaban J connectivity index is 1.63. The van der Waals surface area contributed by atoms with Crippen molar-refractivity contribution in [3.05, 3.63) is 43.0 Å². The minimum Gasteiger partial charge on any atom is -0.291 e. The molecule has 146 valence electrons. The highest BCUT2D eigenvalue weighted by Crippen LogP contribution is 2.22. The maximum absolute atomic E-state index is 12.4. The van der Waals surface area contributed by atoms with Crippen LogP contribution in [0.1, 0.15) is 57.8 Å². The Bertz CT molecular complexity index is 645. The summed E-state index contributed by atoms with van der Waals surface area (Å²) in [5.74, 6) is -0.763. The van der Waals surface area contributed by atoms with E-state index in [9.17, 15) is 14.4 Å². The van der Waals surface area contributed by atoms with Crippen LogP contribution >= 0.6 is 0 Å². The topological polar surface area (TPSA) is 78.5 Å².